The molecule has 1 unspecified atom stereocenters. The van der Waals surface area contributed by atoms with Gasteiger partial charge >= 0.3 is 0 Å². The van der Waals surface area contributed by atoms with E-state index in [1.165, 1.54) is 12.1 Å². The molecule has 0 fully saturated rings. The SMILES string of the molecule is CC(C(=O)Nc1cc(Br)ccc1F)c1cccc(N)c1. The summed E-state index contributed by atoms with van der Waals surface area (Å²) in [5.74, 6) is -1.18. The molecule has 2 aromatic rings. The fourth-order valence-corrected chi connectivity index (χ4v) is 2.18. The summed E-state index contributed by atoms with van der Waals surface area (Å²) in [4.78, 5) is 12.2. The molecule has 0 saturated carbocycles. The van der Waals surface area contributed by atoms with E-state index in [1.807, 2.05) is 6.07 Å². The zero-order chi connectivity index (χ0) is 14.7. The maximum atomic E-state index is 13.6. The Morgan fingerprint density at radius 2 is 2.05 bits per heavy atom. The highest BCUT2D eigenvalue weighted by Crippen LogP contribution is 2.23. The van der Waals surface area contributed by atoms with E-state index in [1.54, 1.807) is 31.2 Å². The standard InChI is InChI=1S/C15H14BrFN2O/c1-9(10-3-2-4-12(18)7-10)15(20)19-14-8-11(16)5-6-13(14)17/h2-9H,18H2,1H3,(H,19,20). The fraction of sp³-hybridized carbons (Fsp3) is 0.133. The number of nitrogens with one attached hydrogen (secondary N) is 1. The van der Waals surface area contributed by atoms with Crippen molar-refractivity contribution in [3.63, 3.8) is 0 Å². The van der Waals surface area contributed by atoms with Gasteiger partial charge < -0.3 is 11.1 Å². The van der Waals surface area contributed by atoms with Crippen molar-refractivity contribution < 1.29 is 9.18 Å². The average Bonchev–Trinajstić information content (AvgIpc) is 2.42. The van der Waals surface area contributed by atoms with Gasteiger partial charge in [0.25, 0.3) is 0 Å². The maximum Gasteiger partial charge on any atom is 0.231 e. The second-order valence-corrected chi connectivity index (χ2v) is 5.42. The van der Waals surface area contributed by atoms with Crippen molar-refractivity contribution in [2.75, 3.05) is 11.1 Å². The Morgan fingerprint density at radius 1 is 1.30 bits per heavy atom. The lowest BCUT2D eigenvalue weighted by molar-refractivity contribution is -0.117. The van der Waals surface area contributed by atoms with Crippen LogP contribution in [0, 0.1) is 5.82 Å². The van der Waals surface area contributed by atoms with E-state index in [-0.39, 0.29) is 11.6 Å². The Balaban J connectivity index is 2.17. The van der Waals surface area contributed by atoms with E-state index < -0.39 is 11.7 Å². The number of amides is 1. The van der Waals surface area contributed by atoms with Crippen molar-refractivity contribution in [2.24, 2.45) is 0 Å². The molecule has 2 aromatic carbocycles. The smallest absolute Gasteiger partial charge is 0.231 e. The van der Waals surface area contributed by atoms with E-state index in [9.17, 15) is 9.18 Å². The molecule has 0 aliphatic heterocycles. The Kier molecular flexibility index (Phi) is 4.39. The van der Waals surface area contributed by atoms with Crippen LogP contribution in [0.1, 0.15) is 18.4 Å². The molecular weight excluding hydrogens is 323 g/mol. The molecule has 2 rings (SSSR count). The molecule has 0 aromatic heterocycles. The van der Waals surface area contributed by atoms with Crippen LogP contribution in [-0.4, -0.2) is 5.91 Å². The van der Waals surface area contributed by atoms with Gasteiger partial charge in [-0.15, -0.1) is 0 Å². The second kappa shape index (κ2) is 6.05. The summed E-state index contributed by atoms with van der Waals surface area (Å²) in [6, 6.07) is 11.5. The molecule has 104 valence electrons. The number of nitrogens with two attached hydrogens (primary N) is 1. The van der Waals surface area contributed by atoms with Gasteiger partial charge in [-0.1, -0.05) is 28.1 Å². The molecule has 1 amide bonds. The monoisotopic (exact) mass is 336 g/mol. The van der Waals surface area contributed by atoms with Crippen LogP contribution in [0.15, 0.2) is 46.9 Å². The van der Waals surface area contributed by atoms with Gasteiger partial charge in [0.05, 0.1) is 11.6 Å². The van der Waals surface area contributed by atoms with Crippen LogP contribution in [-0.2, 0) is 4.79 Å². The molecule has 0 radical (unpaired) electrons. The molecule has 1 atom stereocenters. The van der Waals surface area contributed by atoms with Gasteiger partial charge in [-0.05, 0) is 42.8 Å². The summed E-state index contributed by atoms with van der Waals surface area (Å²) in [5, 5.41) is 2.58. The van der Waals surface area contributed by atoms with Crippen LogP contribution >= 0.6 is 15.9 Å². The lowest BCUT2D eigenvalue weighted by Crippen LogP contribution is -2.19. The van der Waals surface area contributed by atoms with Crippen LogP contribution in [0.4, 0.5) is 15.8 Å². The van der Waals surface area contributed by atoms with Gasteiger partial charge in [-0.25, -0.2) is 4.39 Å². The Hall–Kier alpha value is -1.88. The quantitative estimate of drug-likeness (QED) is 0.835. The van der Waals surface area contributed by atoms with Gasteiger partial charge in [-0.2, -0.15) is 0 Å². The first-order valence-corrected chi connectivity index (χ1v) is 6.88. The summed E-state index contributed by atoms with van der Waals surface area (Å²) < 4.78 is 14.3. The molecule has 20 heavy (non-hydrogen) atoms. The minimum absolute atomic E-state index is 0.153. The molecule has 0 aliphatic rings. The summed E-state index contributed by atoms with van der Waals surface area (Å²) in [6.07, 6.45) is 0. The number of rotatable bonds is 3. The molecule has 0 heterocycles. The Labute approximate surface area is 125 Å². The van der Waals surface area contributed by atoms with Crippen molar-refractivity contribution in [3.8, 4) is 0 Å². The number of carbonyl (C=O) groups excluding carboxylic acids is 1. The molecule has 3 N–H and O–H groups in total. The molecular formula is C15H14BrFN2O. The predicted octanol–water partition coefficient (Wildman–Crippen LogP) is 3.91. The summed E-state index contributed by atoms with van der Waals surface area (Å²) in [5.41, 5.74) is 7.23. The zero-order valence-electron chi connectivity index (χ0n) is 10.9. The number of carbonyl (C=O) groups is 1. The van der Waals surface area contributed by atoms with Crippen molar-refractivity contribution in [2.45, 2.75) is 12.8 Å². The Bertz CT molecular complexity index is 646. The van der Waals surface area contributed by atoms with Crippen molar-refractivity contribution in [1.29, 1.82) is 0 Å². The number of anilines is 2. The van der Waals surface area contributed by atoms with E-state index in [0.717, 1.165) is 5.56 Å². The molecule has 3 nitrogen and oxygen atoms in total. The first-order chi connectivity index (χ1) is 9.47. The fourth-order valence-electron chi connectivity index (χ4n) is 1.81. The number of benzene rings is 2. The van der Waals surface area contributed by atoms with Gasteiger partial charge in [0.2, 0.25) is 5.91 Å². The minimum atomic E-state index is -0.471. The van der Waals surface area contributed by atoms with E-state index in [2.05, 4.69) is 21.2 Å². The molecule has 0 bridgehead atoms. The molecule has 0 aliphatic carbocycles. The lowest BCUT2D eigenvalue weighted by Gasteiger charge is -2.13. The number of halogens is 2. The van der Waals surface area contributed by atoms with Crippen LogP contribution < -0.4 is 11.1 Å². The minimum Gasteiger partial charge on any atom is -0.399 e. The first kappa shape index (κ1) is 14.5. The second-order valence-electron chi connectivity index (χ2n) is 4.51. The highest BCUT2D eigenvalue weighted by Gasteiger charge is 2.17. The molecule has 0 spiro atoms. The third-order valence-corrected chi connectivity index (χ3v) is 3.48. The normalized spacial score (nSPS) is 11.9. The Morgan fingerprint density at radius 3 is 2.75 bits per heavy atom. The van der Waals surface area contributed by atoms with E-state index in [4.69, 9.17) is 5.73 Å². The van der Waals surface area contributed by atoms with Crippen LogP contribution in [0.25, 0.3) is 0 Å². The maximum absolute atomic E-state index is 13.6. The third-order valence-electron chi connectivity index (χ3n) is 2.99. The molecule has 5 heteroatoms. The summed E-state index contributed by atoms with van der Waals surface area (Å²) in [6.45, 7) is 1.75. The topological polar surface area (TPSA) is 55.1 Å². The first-order valence-electron chi connectivity index (χ1n) is 6.08. The zero-order valence-corrected chi connectivity index (χ0v) is 12.4. The largest absolute Gasteiger partial charge is 0.399 e. The number of hydrogen-bond acceptors (Lipinski definition) is 2. The number of nitrogen functional groups attached to an aromatic ring is 1. The van der Waals surface area contributed by atoms with Gasteiger partial charge in [-0.3, -0.25) is 4.79 Å². The van der Waals surface area contributed by atoms with Gasteiger partial charge in [0, 0.05) is 10.2 Å². The third kappa shape index (κ3) is 3.36. The van der Waals surface area contributed by atoms with Crippen molar-refractivity contribution >= 4 is 33.2 Å². The highest BCUT2D eigenvalue weighted by atomic mass is 79.9. The van der Waals surface area contributed by atoms with Crippen LogP contribution in [0.3, 0.4) is 0 Å². The molecule has 0 saturated heterocycles. The van der Waals surface area contributed by atoms with Crippen molar-refractivity contribution in [1.82, 2.24) is 0 Å². The van der Waals surface area contributed by atoms with Crippen LogP contribution in [0.2, 0.25) is 0 Å². The average molecular weight is 337 g/mol. The van der Waals surface area contributed by atoms with Crippen LogP contribution in [0.5, 0.6) is 0 Å². The lowest BCUT2D eigenvalue weighted by atomic mass is 10.00. The number of hydrogen-bond donors (Lipinski definition) is 2. The van der Waals surface area contributed by atoms with Gasteiger partial charge in [0.1, 0.15) is 5.82 Å². The van der Waals surface area contributed by atoms with E-state index >= 15 is 0 Å². The van der Waals surface area contributed by atoms with Gasteiger partial charge in [0.15, 0.2) is 0 Å². The van der Waals surface area contributed by atoms with Crippen molar-refractivity contribution in [3.05, 3.63) is 58.3 Å². The summed E-state index contributed by atoms with van der Waals surface area (Å²) >= 11 is 3.24. The predicted molar refractivity (Wildman–Crippen MR) is 82.0 cm³/mol. The van der Waals surface area contributed by atoms with E-state index in [0.29, 0.717) is 10.2 Å². The summed E-state index contributed by atoms with van der Waals surface area (Å²) in [7, 11) is 0. The highest BCUT2D eigenvalue weighted by molar-refractivity contribution is 9.10.